The molecule has 0 spiro atoms. The second kappa shape index (κ2) is 6.67. The van der Waals surface area contributed by atoms with Gasteiger partial charge in [-0.15, -0.1) is 0 Å². The van der Waals surface area contributed by atoms with E-state index in [9.17, 15) is 0 Å². The fourth-order valence-corrected chi connectivity index (χ4v) is 0.663. The zero-order valence-corrected chi connectivity index (χ0v) is 10.1. The number of rotatable bonds is 0. The zero-order chi connectivity index (χ0) is 8.69. The van der Waals surface area contributed by atoms with E-state index in [1.54, 1.807) is 0 Å². The summed E-state index contributed by atoms with van der Waals surface area (Å²) in [4.78, 5) is 4.59. The second-order valence-electron chi connectivity index (χ2n) is 2.08. The third kappa shape index (κ3) is 3.25. The van der Waals surface area contributed by atoms with Crippen LogP contribution in [-0.4, -0.2) is 33.4 Å². The summed E-state index contributed by atoms with van der Waals surface area (Å²) in [6, 6.07) is 8.48. The van der Waals surface area contributed by atoms with Gasteiger partial charge in [0.1, 0.15) is 0 Å². The molecule has 1 N–H and O–H groups in total. The van der Waals surface area contributed by atoms with Gasteiger partial charge in [-0.3, -0.25) is 0 Å². The van der Waals surface area contributed by atoms with Gasteiger partial charge in [-0.1, -0.05) is 24.3 Å². The van der Waals surface area contributed by atoms with Gasteiger partial charge in [0.05, 0.1) is 0 Å². The predicted octanol–water partition coefficient (Wildman–Crippen LogP) is 2.06. The molecule has 0 aromatic carbocycles. The Morgan fingerprint density at radius 2 is 1.09 bits per heavy atom. The Morgan fingerprint density at radius 3 is 1.09 bits per heavy atom. The van der Waals surface area contributed by atoms with Crippen molar-refractivity contribution >= 4 is 21.1 Å². The van der Waals surface area contributed by atoms with Crippen LogP contribution in [0.25, 0.3) is 11.1 Å². The van der Waals surface area contributed by atoms with Crippen molar-refractivity contribution in [3.05, 3.63) is 24.3 Å². The van der Waals surface area contributed by atoms with E-state index in [0.717, 1.165) is 7.11 Å². The van der Waals surface area contributed by atoms with Crippen molar-refractivity contribution in [1.29, 1.82) is 0 Å². The fraction of sp³-hybridized carbons (Fsp3) is 0.333. The molecule has 0 fully saturated rings. The largest absolute Gasteiger partial charge is 0.0538 e. The van der Waals surface area contributed by atoms with Crippen LogP contribution in [0.5, 0.6) is 0 Å². The minimum Gasteiger partial charge on any atom is -0.0538 e. The SMILES string of the molecule is CO.[CH3][Sn][CH3].c1cc2ccc1-2. The predicted molar refractivity (Wildman–Crippen MR) is 51.1 cm³/mol. The van der Waals surface area contributed by atoms with Crippen molar-refractivity contribution in [2.24, 2.45) is 0 Å². The van der Waals surface area contributed by atoms with Gasteiger partial charge in [-0.05, 0) is 11.1 Å². The molecule has 0 aromatic heterocycles. The standard InChI is InChI=1S/C6H4.CH4O.2CH3.Sn/c1-2-6-4-3-5(1)6;1-2;;;/h1-4H;2H,1H3;2*1H3;. The molecule has 11 heavy (non-hydrogen) atoms. The van der Waals surface area contributed by atoms with Gasteiger partial charge in [-0.2, -0.15) is 0 Å². The van der Waals surface area contributed by atoms with Crippen molar-refractivity contribution in [3.63, 3.8) is 0 Å². The first-order valence-electron chi connectivity index (χ1n) is 3.52. The summed E-state index contributed by atoms with van der Waals surface area (Å²) in [5.41, 5.74) is 2.85. The van der Waals surface area contributed by atoms with Crippen LogP contribution in [0, 0.1) is 0 Å². The fourth-order valence-electron chi connectivity index (χ4n) is 0.663. The average Bonchev–Trinajstić information content (AvgIpc) is 2.02. The smallest absolute Gasteiger partial charge is 0.0184 e. The molecule has 2 heteroatoms. The van der Waals surface area contributed by atoms with Crippen molar-refractivity contribution in [2.75, 3.05) is 7.11 Å². The Morgan fingerprint density at radius 1 is 0.909 bits per heavy atom. The zero-order valence-electron chi connectivity index (χ0n) is 7.26. The molecule has 0 atom stereocenters. The van der Waals surface area contributed by atoms with Gasteiger partial charge in [0.15, 0.2) is 0 Å². The number of fused-ring (bicyclic) bond motifs is 1. The first-order chi connectivity index (χ1) is 5.38. The summed E-state index contributed by atoms with van der Waals surface area (Å²) >= 11 is 0.230. The van der Waals surface area contributed by atoms with Gasteiger partial charge in [0.2, 0.25) is 0 Å². The summed E-state index contributed by atoms with van der Waals surface area (Å²) in [5, 5.41) is 7.00. The van der Waals surface area contributed by atoms with Crippen LogP contribution in [0.3, 0.4) is 0 Å². The van der Waals surface area contributed by atoms with Gasteiger partial charge in [0.25, 0.3) is 0 Å². The molecule has 0 saturated carbocycles. The van der Waals surface area contributed by atoms with Crippen LogP contribution in [-0.2, 0) is 0 Å². The van der Waals surface area contributed by atoms with Gasteiger partial charge in [0, 0.05) is 7.11 Å². The van der Waals surface area contributed by atoms with E-state index in [1.807, 2.05) is 0 Å². The summed E-state index contributed by atoms with van der Waals surface area (Å²) in [6.45, 7) is 0. The van der Waals surface area contributed by atoms with E-state index in [-0.39, 0.29) is 21.1 Å². The molecule has 0 saturated heterocycles. The van der Waals surface area contributed by atoms with Crippen LogP contribution in [0.2, 0.25) is 9.88 Å². The molecular weight excluding hydrogens is 243 g/mol. The Balaban J connectivity index is 0.000000176. The van der Waals surface area contributed by atoms with E-state index in [2.05, 4.69) is 34.1 Å². The molecule has 60 valence electrons. The molecule has 0 unspecified atom stereocenters. The quantitative estimate of drug-likeness (QED) is 0.716. The van der Waals surface area contributed by atoms with Crippen LogP contribution in [0.4, 0.5) is 0 Å². The maximum atomic E-state index is 7.00. The molecule has 0 bridgehead atoms. The van der Waals surface area contributed by atoms with Crippen molar-refractivity contribution in [3.8, 4) is 11.1 Å². The first kappa shape index (κ1) is 11.0. The van der Waals surface area contributed by atoms with Crippen molar-refractivity contribution in [2.45, 2.75) is 9.88 Å². The number of aliphatic hydroxyl groups is 1. The van der Waals surface area contributed by atoms with Crippen molar-refractivity contribution < 1.29 is 5.11 Å². The molecule has 0 aliphatic heterocycles. The molecule has 2 aliphatic rings. The molecule has 0 heterocycles. The summed E-state index contributed by atoms with van der Waals surface area (Å²) < 4.78 is 0. The minimum atomic E-state index is 0.230. The van der Waals surface area contributed by atoms with Crippen LogP contribution in [0.1, 0.15) is 0 Å². The second-order valence-corrected chi connectivity index (χ2v) is 4.93. The van der Waals surface area contributed by atoms with E-state index >= 15 is 0 Å². The molecule has 2 rings (SSSR count). The molecule has 0 aromatic rings. The Labute approximate surface area is 78.7 Å². The summed E-state index contributed by atoms with van der Waals surface area (Å²) in [5.74, 6) is 0. The molecular formula is C9H14OSn. The third-order valence-corrected chi connectivity index (χ3v) is 1.22. The molecule has 1 nitrogen and oxygen atoms in total. The van der Waals surface area contributed by atoms with Gasteiger partial charge in [-0.25, -0.2) is 0 Å². The average molecular weight is 257 g/mol. The van der Waals surface area contributed by atoms with Crippen LogP contribution in [0.15, 0.2) is 24.3 Å². The summed E-state index contributed by atoms with van der Waals surface area (Å²) in [6.07, 6.45) is 0. The molecule has 2 radical (unpaired) electrons. The number of hydrogen-bond acceptors (Lipinski definition) is 1. The van der Waals surface area contributed by atoms with E-state index in [4.69, 9.17) is 5.11 Å². The first-order valence-corrected chi connectivity index (χ1v) is 9.23. The van der Waals surface area contributed by atoms with Gasteiger partial charge >= 0.3 is 31.0 Å². The van der Waals surface area contributed by atoms with E-state index < -0.39 is 0 Å². The van der Waals surface area contributed by atoms with Gasteiger partial charge < -0.3 is 5.11 Å². The van der Waals surface area contributed by atoms with E-state index in [0.29, 0.717) is 0 Å². The monoisotopic (exact) mass is 258 g/mol. The van der Waals surface area contributed by atoms with Crippen LogP contribution < -0.4 is 0 Å². The Bertz CT molecular complexity index is 160. The number of hydrogen-bond donors (Lipinski definition) is 1. The topological polar surface area (TPSA) is 20.2 Å². The normalized spacial score (nSPS) is 8.36. The summed E-state index contributed by atoms with van der Waals surface area (Å²) in [7, 11) is 1.00. The Hall–Kier alpha value is -0.0213. The maximum absolute atomic E-state index is 7.00. The van der Waals surface area contributed by atoms with Crippen molar-refractivity contribution in [1.82, 2.24) is 0 Å². The minimum absolute atomic E-state index is 0.230. The maximum Gasteiger partial charge on any atom is -0.0184 e. The molecule has 0 amide bonds. The molecule has 2 aliphatic carbocycles. The number of benzene rings is 1. The van der Waals surface area contributed by atoms with E-state index in [1.165, 1.54) is 11.1 Å². The third-order valence-electron chi connectivity index (χ3n) is 1.22. The van der Waals surface area contributed by atoms with Crippen LogP contribution >= 0.6 is 0 Å². The Kier molecular flexibility index (Phi) is 6.66. The number of aliphatic hydroxyl groups excluding tert-OH is 1.